The van der Waals surface area contributed by atoms with E-state index in [0.717, 1.165) is 34.3 Å². The summed E-state index contributed by atoms with van der Waals surface area (Å²) in [5.74, 6) is -2.62. The maximum absolute atomic E-state index is 13.5. The molecule has 0 spiro atoms. The molecule has 3 aromatic rings. The number of hydrogen-bond donors (Lipinski definition) is 3. The van der Waals surface area contributed by atoms with Crippen molar-refractivity contribution in [3.8, 4) is 11.1 Å². The third-order valence-corrected chi connectivity index (χ3v) is 8.27. The number of ether oxygens (including phenoxy) is 3. The van der Waals surface area contributed by atoms with Crippen molar-refractivity contribution in [1.29, 1.82) is 0 Å². The molecule has 1 aliphatic heterocycles. The minimum Gasteiger partial charge on any atom is -0.465 e. The van der Waals surface area contributed by atoms with Gasteiger partial charge in [-0.3, -0.25) is 14.4 Å². The van der Waals surface area contributed by atoms with Crippen molar-refractivity contribution >= 4 is 41.6 Å². The van der Waals surface area contributed by atoms with E-state index in [1.807, 2.05) is 36.4 Å². The van der Waals surface area contributed by atoms with E-state index >= 15 is 0 Å². The molecule has 0 saturated carbocycles. The maximum atomic E-state index is 13.5. The third-order valence-electron chi connectivity index (χ3n) is 8.27. The van der Waals surface area contributed by atoms with Crippen LogP contribution in [0.5, 0.6) is 0 Å². The molecule has 50 heavy (non-hydrogen) atoms. The lowest BCUT2D eigenvalue weighted by Crippen LogP contribution is -2.37. The fourth-order valence-corrected chi connectivity index (χ4v) is 6.08. The predicted molar refractivity (Wildman–Crippen MR) is 183 cm³/mol. The van der Waals surface area contributed by atoms with Gasteiger partial charge in [0, 0.05) is 44.0 Å². The number of fused-ring (bicyclic) bond motifs is 3. The van der Waals surface area contributed by atoms with Gasteiger partial charge in [-0.25, -0.2) is 19.3 Å². The number of benzene rings is 3. The van der Waals surface area contributed by atoms with Crippen LogP contribution in [0, 0.1) is 0 Å². The molecule has 13 heteroatoms. The Bertz CT molecular complexity index is 1770. The molecule has 262 valence electrons. The molecule has 3 N–H and O–H groups in total. The Kier molecular flexibility index (Phi) is 10.8. The van der Waals surface area contributed by atoms with Crippen LogP contribution < -0.4 is 20.9 Å². The average molecular weight is 685 g/mol. The van der Waals surface area contributed by atoms with Gasteiger partial charge in [0.05, 0.1) is 23.9 Å². The molecule has 3 aromatic carbocycles. The monoisotopic (exact) mass is 684 g/mol. The molecule has 0 bridgehead atoms. The number of anilines is 1. The van der Waals surface area contributed by atoms with Gasteiger partial charge < -0.3 is 30.2 Å². The highest BCUT2D eigenvalue weighted by Gasteiger charge is 2.37. The smallest absolute Gasteiger partial charge is 0.407 e. The lowest BCUT2D eigenvalue weighted by atomic mass is 9.98. The summed E-state index contributed by atoms with van der Waals surface area (Å²) >= 11 is 0. The largest absolute Gasteiger partial charge is 0.465 e. The molecule has 13 nitrogen and oxygen atoms in total. The molecule has 1 heterocycles. The number of rotatable bonds is 11. The van der Waals surface area contributed by atoms with E-state index in [1.54, 1.807) is 20.8 Å². The fraction of sp³-hybridized carbons (Fsp3) is 0.351. The van der Waals surface area contributed by atoms with E-state index in [4.69, 9.17) is 14.2 Å². The molecule has 2 aliphatic rings. The van der Waals surface area contributed by atoms with Gasteiger partial charge in [-0.15, -0.1) is 0 Å². The van der Waals surface area contributed by atoms with Crippen molar-refractivity contribution in [3.05, 3.63) is 88.5 Å². The molecule has 0 atom stereocenters. The van der Waals surface area contributed by atoms with Crippen LogP contribution in [0.4, 0.5) is 15.3 Å². The van der Waals surface area contributed by atoms with E-state index in [2.05, 4.69) is 28.1 Å². The van der Waals surface area contributed by atoms with Crippen LogP contribution in [0.15, 0.2) is 60.7 Å². The quantitative estimate of drug-likeness (QED) is 0.111. The number of carbonyl (C=O) groups is 6. The first-order chi connectivity index (χ1) is 23.9. The summed E-state index contributed by atoms with van der Waals surface area (Å²) in [4.78, 5) is 78.0. The zero-order valence-electron chi connectivity index (χ0n) is 28.4. The van der Waals surface area contributed by atoms with Crippen molar-refractivity contribution in [2.75, 3.05) is 31.7 Å². The number of nitrogens with zero attached hydrogens (tertiary/aromatic N) is 1. The minimum atomic E-state index is -0.819. The number of imide groups is 1. The van der Waals surface area contributed by atoms with Crippen LogP contribution in [0.3, 0.4) is 0 Å². The summed E-state index contributed by atoms with van der Waals surface area (Å²) in [7, 11) is 1.16. The zero-order chi connectivity index (χ0) is 36.0. The highest BCUT2D eigenvalue weighted by Crippen LogP contribution is 2.44. The average Bonchev–Trinajstić information content (AvgIpc) is 3.59. The lowest BCUT2D eigenvalue weighted by molar-refractivity contribution is -0.121. The standard InChI is InChI=1S/C37H40N4O9/c1-37(2,3)50-36(47)40-20-28-26(34(45)48-4)14-15-27(32(28)41-30(42)16-17-31(41)43)33(44)38-18-9-19-39-35(46)49-21-29-24-12-7-5-10-22(24)23-11-6-8-13-25(23)29/h5-8,10-15,29H,9,16-21H2,1-4H3,(H,38,44)(H,39,46)(H,40,47). The van der Waals surface area contributed by atoms with E-state index in [-0.39, 0.29) is 67.4 Å². The maximum Gasteiger partial charge on any atom is 0.407 e. The second kappa shape index (κ2) is 15.2. The van der Waals surface area contributed by atoms with Gasteiger partial charge in [0.1, 0.15) is 12.2 Å². The Morgan fingerprint density at radius 1 is 0.780 bits per heavy atom. The molecule has 0 radical (unpaired) electrons. The predicted octanol–water partition coefficient (Wildman–Crippen LogP) is 4.81. The number of amides is 5. The molecule has 5 amide bonds. The molecule has 0 unspecified atom stereocenters. The van der Waals surface area contributed by atoms with Crippen molar-refractivity contribution in [2.45, 2.75) is 58.1 Å². The highest BCUT2D eigenvalue weighted by atomic mass is 16.6. The molecule has 1 saturated heterocycles. The first-order valence-corrected chi connectivity index (χ1v) is 16.3. The van der Waals surface area contributed by atoms with Crippen LogP contribution in [-0.2, 0) is 30.3 Å². The van der Waals surface area contributed by atoms with Gasteiger partial charge in [-0.1, -0.05) is 48.5 Å². The van der Waals surface area contributed by atoms with Crippen LogP contribution in [0.2, 0.25) is 0 Å². The summed E-state index contributed by atoms with van der Waals surface area (Å²) < 4.78 is 15.8. The van der Waals surface area contributed by atoms with Crippen molar-refractivity contribution in [1.82, 2.24) is 16.0 Å². The highest BCUT2D eigenvalue weighted by molar-refractivity contribution is 6.23. The molecule has 5 rings (SSSR count). The topological polar surface area (TPSA) is 169 Å². The Morgan fingerprint density at radius 2 is 1.36 bits per heavy atom. The Balaban J connectivity index is 1.23. The first kappa shape index (κ1) is 35.6. The number of hydrogen-bond acceptors (Lipinski definition) is 9. The van der Waals surface area contributed by atoms with Crippen LogP contribution in [0.25, 0.3) is 11.1 Å². The van der Waals surface area contributed by atoms with Gasteiger partial charge in [0.25, 0.3) is 5.91 Å². The van der Waals surface area contributed by atoms with Crippen LogP contribution in [-0.4, -0.2) is 68.3 Å². The van der Waals surface area contributed by atoms with Crippen molar-refractivity contribution in [2.24, 2.45) is 0 Å². The number of carbonyl (C=O) groups excluding carboxylic acids is 6. The molecular weight excluding hydrogens is 644 g/mol. The molecule has 0 aromatic heterocycles. The second-order valence-electron chi connectivity index (χ2n) is 12.8. The number of alkyl carbamates (subject to hydrolysis) is 2. The van der Waals surface area contributed by atoms with Gasteiger partial charge >= 0.3 is 18.2 Å². The van der Waals surface area contributed by atoms with E-state index in [1.165, 1.54) is 12.1 Å². The summed E-state index contributed by atoms with van der Waals surface area (Å²) in [6, 6.07) is 18.7. The fourth-order valence-electron chi connectivity index (χ4n) is 6.08. The van der Waals surface area contributed by atoms with Crippen LogP contribution in [0.1, 0.15) is 83.4 Å². The van der Waals surface area contributed by atoms with Gasteiger partial charge in [-0.2, -0.15) is 0 Å². The van der Waals surface area contributed by atoms with Crippen LogP contribution >= 0.6 is 0 Å². The van der Waals surface area contributed by atoms with E-state index < -0.39 is 41.5 Å². The normalized spacial score (nSPS) is 13.7. The summed E-state index contributed by atoms with van der Waals surface area (Å²) in [6.07, 6.45) is -1.23. The van der Waals surface area contributed by atoms with E-state index in [9.17, 15) is 28.8 Å². The number of esters is 1. The summed E-state index contributed by atoms with van der Waals surface area (Å²) in [6.45, 7) is 5.16. The van der Waals surface area contributed by atoms with E-state index in [0.29, 0.717) is 6.42 Å². The SMILES string of the molecule is COC(=O)c1ccc(C(=O)NCCCNC(=O)OCC2c3ccccc3-c3ccccc32)c(N2C(=O)CCC2=O)c1CNC(=O)OC(C)(C)C. The molecule has 1 aliphatic carbocycles. The Morgan fingerprint density at radius 3 is 1.96 bits per heavy atom. The summed E-state index contributed by atoms with van der Waals surface area (Å²) in [5.41, 5.74) is 3.44. The molecular formula is C37H40N4O9. The number of nitrogens with one attached hydrogen (secondary N) is 3. The Hall–Kier alpha value is -5.72. The molecule has 1 fully saturated rings. The Labute approximate surface area is 289 Å². The second-order valence-corrected chi connectivity index (χ2v) is 12.8. The minimum absolute atomic E-state index is 0.0379. The zero-order valence-corrected chi connectivity index (χ0v) is 28.4. The van der Waals surface area contributed by atoms with Crippen molar-refractivity contribution in [3.63, 3.8) is 0 Å². The number of methoxy groups -OCH3 is 1. The summed E-state index contributed by atoms with van der Waals surface area (Å²) in [5, 5.41) is 7.98. The van der Waals surface area contributed by atoms with Crippen molar-refractivity contribution < 1.29 is 43.0 Å². The van der Waals surface area contributed by atoms with Gasteiger partial charge in [0.2, 0.25) is 11.8 Å². The first-order valence-electron chi connectivity index (χ1n) is 16.3. The lowest BCUT2D eigenvalue weighted by Gasteiger charge is -2.24. The third kappa shape index (κ3) is 7.94. The van der Waals surface area contributed by atoms with Gasteiger partial charge in [-0.05, 0) is 61.6 Å². The van der Waals surface area contributed by atoms with Gasteiger partial charge in [0.15, 0.2) is 0 Å².